The van der Waals surface area contributed by atoms with Gasteiger partial charge in [0, 0.05) is 0 Å². The number of aromatic amines is 1. The van der Waals surface area contributed by atoms with Crippen LogP contribution < -0.4 is 15.2 Å². The molecule has 1 atom stereocenters. The molecular formula is C18H21N4O6+. The average Bonchev–Trinajstić information content (AvgIpc) is 3.14. The molecule has 1 aromatic heterocycles. The summed E-state index contributed by atoms with van der Waals surface area (Å²) in [5.74, 6) is -1.21. The van der Waals surface area contributed by atoms with E-state index < -0.39 is 17.6 Å². The summed E-state index contributed by atoms with van der Waals surface area (Å²) >= 11 is 0. The van der Waals surface area contributed by atoms with Gasteiger partial charge in [0.15, 0.2) is 7.05 Å². The highest BCUT2D eigenvalue weighted by Crippen LogP contribution is 2.26. The Labute approximate surface area is 160 Å². The molecule has 0 saturated carbocycles. The van der Waals surface area contributed by atoms with E-state index in [1.165, 1.54) is 28.9 Å². The molecule has 0 aliphatic carbocycles. The van der Waals surface area contributed by atoms with Crippen molar-refractivity contribution in [3.05, 3.63) is 45.9 Å². The number of carbonyl (C=O) groups is 3. The van der Waals surface area contributed by atoms with E-state index in [0.717, 1.165) is 4.90 Å². The van der Waals surface area contributed by atoms with Crippen molar-refractivity contribution < 1.29 is 28.3 Å². The maximum atomic E-state index is 12.8. The molecule has 2 aromatic rings. The predicted octanol–water partition coefficient (Wildman–Crippen LogP) is -0.267. The van der Waals surface area contributed by atoms with Crippen LogP contribution in [0.5, 0.6) is 0 Å². The summed E-state index contributed by atoms with van der Waals surface area (Å²) in [7, 11) is 3.28. The fourth-order valence-electron chi connectivity index (χ4n) is 3.07. The SMILES string of the molecule is CCOC(=O)c1ccc(N2C(=O)CC(N(C)Cc3c(=O)o[nH][n+]3C)C2=O)cc1. The van der Waals surface area contributed by atoms with E-state index in [1.54, 1.807) is 25.9 Å². The maximum Gasteiger partial charge on any atom is 0.431 e. The van der Waals surface area contributed by atoms with Crippen LogP contribution in [0.2, 0.25) is 0 Å². The van der Waals surface area contributed by atoms with E-state index >= 15 is 0 Å². The van der Waals surface area contributed by atoms with Gasteiger partial charge >= 0.3 is 17.3 Å². The number of nitrogens with one attached hydrogen (secondary N) is 1. The number of carbonyl (C=O) groups excluding carboxylic acids is 3. The summed E-state index contributed by atoms with van der Waals surface area (Å²) in [4.78, 5) is 51.5. The van der Waals surface area contributed by atoms with Crippen LogP contribution in [0.1, 0.15) is 29.4 Å². The molecular weight excluding hydrogens is 368 g/mol. The molecule has 1 unspecified atom stereocenters. The van der Waals surface area contributed by atoms with Gasteiger partial charge in [-0.2, -0.15) is 0 Å². The van der Waals surface area contributed by atoms with Gasteiger partial charge in [0.05, 0.1) is 36.9 Å². The van der Waals surface area contributed by atoms with E-state index in [9.17, 15) is 19.2 Å². The van der Waals surface area contributed by atoms with Gasteiger partial charge in [-0.25, -0.2) is 14.5 Å². The highest BCUT2D eigenvalue weighted by molar-refractivity contribution is 6.22. The van der Waals surface area contributed by atoms with Gasteiger partial charge in [-0.05, 0) is 43.5 Å². The molecule has 1 aliphatic rings. The van der Waals surface area contributed by atoms with Crippen LogP contribution in [0.15, 0.2) is 33.6 Å². The number of aromatic nitrogens is 2. The van der Waals surface area contributed by atoms with E-state index in [4.69, 9.17) is 9.26 Å². The van der Waals surface area contributed by atoms with Crippen LogP contribution in [0.25, 0.3) is 0 Å². The molecule has 10 heteroatoms. The zero-order chi connectivity index (χ0) is 20.4. The number of ether oxygens (including phenoxy) is 1. The van der Waals surface area contributed by atoms with Crippen molar-refractivity contribution in [2.75, 3.05) is 18.6 Å². The number of hydrogen-bond acceptors (Lipinski definition) is 7. The maximum absolute atomic E-state index is 12.8. The van der Waals surface area contributed by atoms with Gasteiger partial charge < -0.3 is 4.74 Å². The molecule has 1 aliphatic heterocycles. The van der Waals surface area contributed by atoms with Crippen molar-refractivity contribution in [1.29, 1.82) is 0 Å². The lowest BCUT2D eigenvalue weighted by Crippen LogP contribution is -2.44. The Bertz CT molecular complexity index is 961. The highest BCUT2D eigenvalue weighted by atomic mass is 16.5. The fraction of sp³-hybridized carbons (Fsp3) is 0.389. The van der Waals surface area contributed by atoms with Crippen LogP contribution >= 0.6 is 0 Å². The molecule has 0 bridgehead atoms. The molecule has 1 saturated heterocycles. The van der Waals surface area contributed by atoms with Crippen molar-refractivity contribution in [2.24, 2.45) is 7.05 Å². The summed E-state index contributed by atoms with van der Waals surface area (Å²) in [6, 6.07) is 5.38. The monoisotopic (exact) mass is 389 g/mol. The standard InChI is InChI=1S/C18H20N4O6/c1-4-27-17(25)11-5-7-12(8-6-11)22-15(23)9-13(16(22)24)20(2)10-14-18(26)28-19-21(14)3/h5-8,13H,4,9-10H2,1-3H3/p+1. The topological polar surface area (TPSA) is 117 Å². The van der Waals surface area contributed by atoms with Gasteiger partial charge in [0.25, 0.3) is 5.91 Å². The van der Waals surface area contributed by atoms with E-state index in [0.29, 0.717) is 16.9 Å². The van der Waals surface area contributed by atoms with E-state index in [-0.39, 0.29) is 31.4 Å². The van der Waals surface area contributed by atoms with Crippen LogP contribution in [-0.4, -0.2) is 47.7 Å². The number of H-pyrrole nitrogens is 1. The molecule has 148 valence electrons. The number of esters is 1. The summed E-state index contributed by atoms with van der Waals surface area (Å²) in [6.45, 7) is 2.11. The summed E-state index contributed by atoms with van der Waals surface area (Å²) in [6.07, 6.45) is -0.00552. The number of hydrogen-bond donors (Lipinski definition) is 1. The first kappa shape index (κ1) is 19.5. The molecule has 3 rings (SSSR count). The number of aryl methyl sites for hydroxylation is 1. The van der Waals surface area contributed by atoms with Crippen molar-refractivity contribution in [1.82, 2.24) is 10.2 Å². The third kappa shape index (κ3) is 3.58. The number of benzene rings is 1. The lowest BCUT2D eigenvalue weighted by atomic mass is 10.2. The molecule has 0 spiro atoms. The molecule has 0 radical (unpaired) electrons. The predicted molar refractivity (Wildman–Crippen MR) is 95.3 cm³/mol. The zero-order valence-corrected chi connectivity index (χ0v) is 15.8. The summed E-state index contributed by atoms with van der Waals surface area (Å²) < 4.78 is 11.0. The largest absolute Gasteiger partial charge is 0.462 e. The molecule has 1 fully saturated rings. The third-order valence-corrected chi connectivity index (χ3v) is 4.61. The van der Waals surface area contributed by atoms with Crippen LogP contribution in [0.3, 0.4) is 0 Å². The van der Waals surface area contributed by atoms with Crippen molar-refractivity contribution in [2.45, 2.75) is 25.9 Å². The third-order valence-electron chi connectivity index (χ3n) is 4.61. The molecule has 2 heterocycles. The van der Waals surface area contributed by atoms with Crippen LogP contribution in [0, 0.1) is 0 Å². The molecule has 1 aromatic carbocycles. The first-order valence-corrected chi connectivity index (χ1v) is 8.74. The van der Waals surface area contributed by atoms with Gasteiger partial charge in [-0.1, -0.05) is 4.68 Å². The minimum atomic E-state index is -0.702. The minimum absolute atomic E-state index is 0.00552. The quantitative estimate of drug-likeness (QED) is 0.411. The fourth-order valence-corrected chi connectivity index (χ4v) is 3.07. The Kier molecular flexibility index (Phi) is 5.41. The number of imide groups is 1. The van der Waals surface area contributed by atoms with E-state index in [1.807, 2.05) is 0 Å². The summed E-state index contributed by atoms with van der Waals surface area (Å²) in [5, 5.41) is 2.41. The van der Waals surface area contributed by atoms with Crippen molar-refractivity contribution in [3.8, 4) is 0 Å². The number of rotatable bonds is 6. The van der Waals surface area contributed by atoms with Crippen LogP contribution in [-0.2, 0) is 27.9 Å². The van der Waals surface area contributed by atoms with E-state index in [2.05, 4.69) is 5.27 Å². The number of amides is 2. The van der Waals surface area contributed by atoms with Crippen LogP contribution in [0.4, 0.5) is 5.69 Å². The van der Waals surface area contributed by atoms with Crippen molar-refractivity contribution in [3.63, 3.8) is 0 Å². The second kappa shape index (κ2) is 7.77. The highest BCUT2D eigenvalue weighted by Gasteiger charge is 2.42. The zero-order valence-electron chi connectivity index (χ0n) is 15.8. The smallest absolute Gasteiger partial charge is 0.431 e. The number of anilines is 1. The van der Waals surface area contributed by atoms with Gasteiger partial charge in [0.1, 0.15) is 0 Å². The summed E-state index contributed by atoms with van der Waals surface area (Å²) in [5.41, 5.74) is 0.522. The normalized spacial score (nSPS) is 16.9. The lowest BCUT2D eigenvalue weighted by molar-refractivity contribution is -0.746. The van der Waals surface area contributed by atoms with Gasteiger partial charge in [0.2, 0.25) is 5.91 Å². The number of nitrogens with zero attached hydrogens (tertiary/aromatic N) is 3. The minimum Gasteiger partial charge on any atom is -0.462 e. The van der Waals surface area contributed by atoms with Gasteiger partial charge in [-0.3, -0.25) is 19.0 Å². The Morgan fingerprint density at radius 2 is 2.00 bits per heavy atom. The molecule has 10 nitrogen and oxygen atoms in total. The average molecular weight is 389 g/mol. The Morgan fingerprint density at radius 3 is 2.57 bits per heavy atom. The lowest BCUT2D eigenvalue weighted by Gasteiger charge is -2.20. The Balaban J connectivity index is 1.76. The molecule has 1 N–H and O–H groups in total. The van der Waals surface area contributed by atoms with Crippen molar-refractivity contribution >= 4 is 23.5 Å². The first-order valence-electron chi connectivity index (χ1n) is 8.74. The second-order valence-electron chi connectivity index (χ2n) is 6.46. The molecule has 2 amide bonds. The second-order valence-corrected chi connectivity index (χ2v) is 6.46. The van der Waals surface area contributed by atoms with Gasteiger partial charge in [-0.15, -0.1) is 0 Å². The molecule has 28 heavy (non-hydrogen) atoms. The first-order chi connectivity index (χ1) is 13.3. The Hall–Kier alpha value is -3.27. The number of likely N-dealkylation sites (N-methyl/N-ethyl adjacent to an activating group) is 1. The Morgan fingerprint density at radius 1 is 1.32 bits per heavy atom.